The van der Waals surface area contributed by atoms with Crippen LogP contribution in [-0.2, 0) is 16.4 Å². The number of hydrogen-bond acceptors (Lipinski definition) is 2. The minimum Gasteiger partial charge on any atom is -0.300 e. The van der Waals surface area contributed by atoms with E-state index in [1.807, 2.05) is 6.07 Å². The number of rotatable bonds is 1. The third kappa shape index (κ3) is 2.53. The second kappa shape index (κ2) is 4.89. The first kappa shape index (κ1) is 14.5. The summed E-state index contributed by atoms with van der Waals surface area (Å²) in [5.74, 6) is -1.37. The lowest BCUT2D eigenvalue weighted by molar-refractivity contribution is -0.140. The molecule has 2 rings (SSSR count). The van der Waals surface area contributed by atoms with Crippen LogP contribution in [0.15, 0.2) is 18.2 Å². The van der Waals surface area contributed by atoms with Gasteiger partial charge in [-0.25, -0.2) is 4.39 Å². The van der Waals surface area contributed by atoms with Crippen molar-refractivity contribution in [2.24, 2.45) is 0 Å². The molecule has 0 N–H and O–H groups in total. The highest BCUT2D eigenvalue weighted by Crippen LogP contribution is 2.40. The fourth-order valence-corrected chi connectivity index (χ4v) is 2.46. The van der Waals surface area contributed by atoms with Crippen LogP contribution < -0.4 is 0 Å². The van der Waals surface area contributed by atoms with Gasteiger partial charge >= 0.3 is 6.18 Å². The summed E-state index contributed by atoms with van der Waals surface area (Å²) in [5.41, 5.74) is -2.38. The molecular formula is C14H11F4NO. The molecule has 0 amide bonds. The molecule has 20 heavy (non-hydrogen) atoms. The maximum Gasteiger partial charge on any atom is 0.419 e. The first-order chi connectivity index (χ1) is 9.28. The summed E-state index contributed by atoms with van der Waals surface area (Å²) in [7, 11) is 0. The zero-order valence-electron chi connectivity index (χ0n) is 10.4. The van der Waals surface area contributed by atoms with Crippen LogP contribution in [0.1, 0.15) is 36.8 Å². The van der Waals surface area contributed by atoms with Gasteiger partial charge < -0.3 is 0 Å². The van der Waals surface area contributed by atoms with Crippen LogP contribution in [-0.4, -0.2) is 5.78 Å². The molecule has 0 saturated heterocycles. The Hall–Kier alpha value is -1.90. The lowest BCUT2D eigenvalue weighted by Crippen LogP contribution is -2.31. The zero-order valence-corrected chi connectivity index (χ0v) is 10.4. The molecular weight excluding hydrogens is 274 g/mol. The van der Waals surface area contributed by atoms with Crippen LogP contribution in [0.2, 0.25) is 0 Å². The lowest BCUT2D eigenvalue weighted by atomic mass is 9.70. The summed E-state index contributed by atoms with van der Waals surface area (Å²) in [5, 5.41) is 9.31. The van der Waals surface area contributed by atoms with Gasteiger partial charge in [-0.2, -0.15) is 18.4 Å². The summed E-state index contributed by atoms with van der Waals surface area (Å²) in [6.07, 6.45) is -4.14. The van der Waals surface area contributed by atoms with E-state index >= 15 is 0 Å². The smallest absolute Gasteiger partial charge is 0.300 e. The third-order valence-electron chi connectivity index (χ3n) is 3.70. The number of carbonyl (C=O) groups excluding carboxylic acids is 1. The van der Waals surface area contributed by atoms with E-state index < -0.39 is 23.0 Å². The largest absolute Gasteiger partial charge is 0.419 e. The number of alkyl halides is 3. The van der Waals surface area contributed by atoms with Gasteiger partial charge in [-0.05, 0) is 30.5 Å². The van der Waals surface area contributed by atoms with Gasteiger partial charge in [0.15, 0.2) is 0 Å². The van der Waals surface area contributed by atoms with Crippen molar-refractivity contribution in [2.45, 2.75) is 37.3 Å². The Labute approximate surface area is 113 Å². The maximum absolute atomic E-state index is 13.3. The van der Waals surface area contributed by atoms with E-state index in [1.165, 1.54) is 6.07 Å². The van der Waals surface area contributed by atoms with Crippen molar-refractivity contribution in [3.8, 4) is 6.07 Å². The minimum atomic E-state index is -4.80. The number of nitrogens with zero attached hydrogens (tertiary/aromatic N) is 1. The van der Waals surface area contributed by atoms with Gasteiger partial charge in [-0.1, -0.05) is 6.07 Å². The number of nitriles is 1. The van der Waals surface area contributed by atoms with E-state index in [9.17, 15) is 27.6 Å². The molecule has 0 aliphatic heterocycles. The topological polar surface area (TPSA) is 40.9 Å². The molecule has 0 heterocycles. The molecule has 6 heteroatoms. The van der Waals surface area contributed by atoms with Gasteiger partial charge in [0.1, 0.15) is 11.6 Å². The van der Waals surface area contributed by atoms with Crippen molar-refractivity contribution in [3.05, 3.63) is 35.1 Å². The number of benzene rings is 1. The average Bonchev–Trinajstić information content (AvgIpc) is 2.39. The molecule has 1 aliphatic rings. The second-order valence-electron chi connectivity index (χ2n) is 4.92. The first-order valence-corrected chi connectivity index (χ1v) is 6.09. The fourth-order valence-electron chi connectivity index (χ4n) is 2.46. The molecule has 0 aromatic heterocycles. The Morgan fingerprint density at radius 3 is 2.30 bits per heavy atom. The normalized spacial score (nSPS) is 18.6. The van der Waals surface area contributed by atoms with Crippen LogP contribution in [0.3, 0.4) is 0 Å². The summed E-state index contributed by atoms with van der Waals surface area (Å²) >= 11 is 0. The molecule has 1 aliphatic carbocycles. The van der Waals surface area contributed by atoms with Gasteiger partial charge in [0.25, 0.3) is 0 Å². The Balaban J connectivity index is 2.47. The van der Waals surface area contributed by atoms with Gasteiger partial charge in [0.05, 0.1) is 17.0 Å². The van der Waals surface area contributed by atoms with Gasteiger partial charge in [0, 0.05) is 12.8 Å². The highest BCUT2D eigenvalue weighted by Gasteiger charge is 2.40. The van der Waals surface area contributed by atoms with E-state index in [-0.39, 0.29) is 37.0 Å². The molecule has 0 atom stereocenters. The van der Waals surface area contributed by atoms with Crippen molar-refractivity contribution in [3.63, 3.8) is 0 Å². The average molecular weight is 285 g/mol. The highest BCUT2D eigenvalue weighted by molar-refractivity contribution is 5.80. The van der Waals surface area contributed by atoms with E-state index in [4.69, 9.17) is 0 Å². The van der Waals surface area contributed by atoms with E-state index in [2.05, 4.69) is 0 Å². The number of Topliss-reactive ketones (excluding diaryl/α,β-unsaturated/α-hetero) is 1. The van der Waals surface area contributed by atoms with Crippen molar-refractivity contribution >= 4 is 5.78 Å². The van der Waals surface area contributed by atoms with Crippen molar-refractivity contribution in [2.75, 3.05) is 0 Å². The lowest BCUT2D eigenvalue weighted by Gasteiger charge is -2.31. The standard InChI is InChI=1S/C14H11F4NO/c15-12-2-1-9(7-11(12)14(16,17)18)13(8-19)5-3-10(20)4-6-13/h1-2,7H,3-6H2. The van der Waals surface area contributed by atoms with E-state index in [0.717, 1.165) is 6.07 Å². The number of carbonyl (C=O) groups is 1. The Morgan fingerprint density at radius 2 is 1.80 bits per heavy atom. The van der Waals surface area contributed by atoms with Crippen LogP contribution in [0, 0.1) is 17.1 Å². The molecule has 0 spiro atoms. The van der Waals surface area contributed by atoms with Crippen LogP contribution in [0.4, 0.5) is 17.6 Å². The third-order valence-corrected chi connectivity index (χ3v) is 3.70. The number of halogens is 4. The summed E-state index contributed by atoms with van der Waals surface area (Å²) in [6, 6.07) is 4.63. The second-order valence-corrected chi connectivity index (χ2v) is 4.92. The first-order valence-electron chi connectivity index (χ1n) is 6.09. The Morgan fingerprint density at radius 1 is 1.20 bits per heavy atom. The summed E-state index contributed by atoms with van der Waals surface area (Å²) < 4.78 is 51.4. The minimum absolute atomic E-state index is 0.00553. The summed E-state index contributed by atoms with van der Waals surface area (Å²) in [4.78, 5) is 11.2. The Kier molecular flexibility index (Phi) is 3.55. The fraction of sp³-hybridized carbons (Fsp3) is 0.429. The zero-order chi connectivity index (χ0) is 15.0. The number of hydrogen-bond donors (Lipinski definition) is 0. The predicted molar refractivity (Wildman–Crippen MR) is 62.2 cm³/mol. The van der Waals surface area contributed by atoms with Gasteiger partial charge in [-0.3, -0.25) is 4.79 Å². The number of ketones is 1. The van der Waals surface area contributed by atoms with Crippen LogP contribution in [0.25, 0.3) is 0 Å². The predicted octanol–water partition coefficient (Wildman–Crippen LogP) is 3.75. The van der Waals surface area contributed by atoms with Crippen molar-refractivity contribution in [1.29, 1.82) is 5.26 Å². The quantitative estimate of drug-likeness (QED) is 0.737. The monoisotopic (exact) mass is 285 g/mol. The molecule has 2 nitrogen and oxygen atoms in total. The van der Waals surface area contributed by atoms with E-state index in [1.54, 1.807) is 0 Å². The van der Waals surface area contributed by atoms with Gasteiger partial charge in [-0.15, -0.1) is 0 Å². The molecule has 1 aromatic rings. The molecule has 106 valence electrons. The molecule has 0 radical (unpaired) electrons. The van der Waals surface area contributed by atoms with Crippen molar-refractivity contribution < 1.29 is 22.4 Å². The molecule has 1 fully saturated rings. The van der Waals surface area contributed by atoms with Crippen LogP contribution in [0.5, 0.6) is 0 Å². The molecule has 0 bridgehead atoms. The highest BCUT2D eigenvalue weighted by atomic mass is 19.4. The Bertz CT molecular complexity index is 576. The van der Waals surface area contributed by atoms with Crippen molar-refractivity contribution in [1.82, 2.24) is 0 Å². The summed E-state index contributed by atoms with van der Waals surface area (Å²) in [6.45, 7) is 0. The molecule has 0 unspecified atom stereocenters. The SMILES string of the molecule is N#CC1(c2ccc(F)c(C(F)(F)F)c2)CCC(=O)CC1. The molecule has 1 aromatic carbocycles. The molecule has 1 saturated carbocycles. The van der Waals surface area contributed by atoms with Crippen LogP contribution >= 0.6 is 0 Å². The van der Waals surface area contributed by atoms with Gasteiger partial charge in [0.2, 0.25) is 0 Å². The van der Waals surface area contributed by atoms with E-state index in [0.29, 0.717) is 6.07 Å². The maximum atomic E-state index is 13.3.